The summed E-state index contributed by atoms with van der Waals surface area (Å²) in [5.41, 5.74) is 6.30. The van der Waals surface area contributed by atoms with Crippen LogP contribution in [0, 0.1) is 6.92 Å². The van der Waals surface area contributed by atoms with Gasteiger partial charge in [-0.15, -0.1) is 0 Å². The number of carbonyl (C=O) groups is 3. The monoisotopic (exact) mass is 325 g/mol. The van der Waals surface area contributed by atoms with Crippen LogP contribution >= 0.6 is 11.6 Å². The van der Waals surface area contributed by atoms with Gasteiger partial charge < -0.3 is 15.4 Å². The SMILES string of the molecule is COc1cc(Cl)c(C)cc1N1CCN(CC(N)=O)C(=O)C1=O. The fourth-order valence-electron chi connectivity index (χ4n) is 2.27. The van der Waals surface area contributed by atoms with Crippen LogP contribution in [0.1, 0.15) is 5.56 Å². The van der Waals surface area contributed by atoms with Crippen molar-refractivity contribution >= 4 is 35.0 Å². The first-order chi connectivity index (χ1) is 10.3. The highest BCUT2D eigenvalue weighted by atomic mass is 35.5. The lowest BCUT2D eigenvalue weighted by Crippen LogP contribution is -2.56. The van der Waals surface area contributed by atoms with Crippen molar-refractivity contribution in [3.63, 3.8) is 0 Å². The van der Waals surface area contributed by atoms with E-state index in [1.54, 1.807) is 19.1 Å². The Balaban J connectivity index is 2.32. The molecule has 0 bridgehead atoms. The van der Waals surface area contributed by atoms with E-state index in [2.05, 4.69) is 0 Å². The van der Waals surface area contributed by atoms with Crippen LogP contribution in [-0.4, -0.2) is 49.4 Å². The predicted molar refractivity (Wildman–Crippen MR) is 80.9 cm³/mol. The fraction of sp³-hybridized carbons (Fsp3) is 0.357. The second-order valence-electron chi connectivity index (χ2n) is 4.92. The molecule has 1 aliphatic rings. The number of methoxy groups -OCH3 is 1. The number of ether oxygens (including phenoxy) is 1. The number of hydrogen-bond donors (Lipinski definition) is 1. The van der Waals surface area contributed by atoms with Crippen LogP contribution in [-0.2, 0) is 14.4 Å². The summed E-state index contributed by atoms with van der Waals surface area (Å²) in [4.78, 5) is 37.7. The Kier molecular flexibility index (Phi) is 4.56. The van der Waals surface area contributed by atoms with Crippen LogP contribution in [0.2, 0.25) is 5.02 Å². The van der Waals surface area contributed by atoms with E-state index in [4.69, 9.17) is 22.1 Å². The van der Waals surface area contributed by atoms with Gasteiger partial charge in [0.2, 0.25) is 5.91 Å². The van der Waals surface area contributed by atoms with Gasteiger partial charge in [-0.3, -0.25) is 19.3 Å². The number of benzene rings is 1. The van der Waals surface area contributed by atoms with Crippen molar-refractivity contribution in [2.45, 2.75) is 6.92 Å². The number of rotatable bonds is 4. The van der Waals surface area contributed by atoms with Gasteiger partial charge in [0.05, 0.1) is 19.3 Å². The highest BCUT2D eigenvalue weighted by molar-refractivity contribution is 6.41. The third kappa shape index (κ3) is 2.99. The number of amides is 3. The Labute approximate surface area is 132 Å². The Morgan fingerprint density at radius 2 is 2.00 bits per heavy atom. The maximum Gasteiger partial charge on any atom is 0.316 e. The van der Waals surface area contributed by atoms with E-state index in [0.717, 1.165) is 10.5 Å². The molecule has 0 radical (unpaired) electrons. The molecule has 7 nitrogen and oxygen atoms in total. The van der Waals surface area contributed by atoms with Crippen LogP contribution in [0.5, 0.6) is 5.75 Å². The third-order valence-electron chi connectivity index (χ3n) is 3.41. The fourth-order valence-corrected chi connectivity index (χ4v) is 2.42. The summed E-state index contributed by atoms with van der Waals surface area (Å²) >= 11 is 6.04. The number of halogens is 1. The molecule has 0 saturated carbocycles. The first-order valence-electron chi connectivity index (χ1n) is 6.58. The van der Waals surface area contributed by atoms with E-state index in [-0.39, 0.29) is 19.6 Å². The minimum Gasteiger partial charge on any atom is -0.495 e. The van der Waals surface area contributed by atoms with E-state index >= 15 is 0 Å². The van der Waals surface area contributed by atoms with Gasteiger partial charge in [0.1, 0.15) is 5.75 Å². The summed E-state index contributed by atoms with van der Waals surface area (Å²) in [6.45, 7) is 1.99. The van der Waals surface area contributed by atoms with Crippen LogP contribution in [0.15, 0.2) is 12.1 Å². The molecule has 1 heterocycles. The molecule has 0 aromatic heterocycles. The normalized spacial score (nSPS) is 15.2. The summed E-state index contributed by atoms with van der Waals surface area (Å²) in [6, 6.07) is 3.29. The van der Waals surface area contributed by atoms with Gasteiger partial charge in [0, 0.05) is 24.2 Å². The first kappa shape index (κ1) is 16.1. The second kappa shape index (κ2) is 6.23. The molecule has 0 atom stereocenters. The van der Waals surface area contributed by atoms with Crippen molar-refractivity contribution in [2.75, 3.05) is 31.6 Å². The van der Waals surface area contributed by atoms with Crippen molar-refractivity contribution in [3.8, 4) is 5.75 Å². The van der Waals surface area contributed by atoms with E-state index in [0.29, 0.717) is 16.5 Å². The molecule has 1 fully saturated rings. The molecular formula is C14H16ClN3O4. The van der Waals surface area contributed by atoms with Crippen molar-refractivity contribution in [1.29, 1.82) is 0 Å². The number of aryl methyl sites for hydroxylation is 1. The number of anilines is 1. The summed E-state index contributed by atoms with van der Waals surface area (Å²) in [7, 11) is 1.46. The number of nitrogens with zero attached hydrogens (tertiary/aromatic N) is 2. The molecule has 8 heteroatoms. The molecule has 22 heavy (non-hydrogen) atoms. The number of carbonyl (C=O) groups excluding carboxylic acids is 3. The summed E-state index contributed by atoms with van der Waals surface area (Å²) in [5.74, 6) is -1.75. The summed E-state index contributed by atoms with van der Waals surface area (Å²) in [5, 5.41) is 0.506. The smallest absolute Gasteiger partial charge is 0.316 e. The molecular weight excluding hydrogens is 310 g/mol. The molecule has 0 aliphatic carbocycles. The van der Waals surface area contributed by atoms with E-state index in [1.807, 2.05) is 0 Å². The molecule has 118 valence electrons. The third-order valence-corrected chi connectivity index (χ3v) is 3.81. The number of primary amides is 1. The number of nitrogens with two attached hydrogens (primary N) is 1. The van der Waals surface area contributed by atoms with Crippen LogP contribution in [0.25, 0.3) is 0 Å². The topological polar surface area (TPSA) is 92.9 Å². The molecule has 2 rings (SSSR count). The van der Waals surface area contributed by atoms with Crippen LogP contribution in [0.4, 0.5) is 5.69 Å². The van der Waals surface area contributed by atoms with E-state index < -0.39 is 17.7 Å². The average Bonchev–Trinajstić information content (AvgIpc) is 2.46. The zero-order valence-corrected chi connectivity index (χ0v) is 13.0. The Morgan fingerprint density at radius 1 is 1.32 bits per heavy atom. The van der Waals surface area contributed by atoms with Gasteiger partial charge in [-0.25, -0.2) is 0 Å². The van der Waals surface area contributed by atoms with Crippen LogP contribution in [0.3, 0.4) is 0 Å². The lowest BCUT2D eigenvalue weighted by Gasteiger charge is -2.33. The minimum absolute atomic E-state index is 0.221. The first-order valence-corrected chi connectivity index (χ1v) is 6.96. The Bertz CT molecular complexity index is 647. The van der Waals surface area contributed by atoms with Gasteiger partial charge >= 0.3 is 11.8 Å². The predicted octanol–water partition coefficient (Wildman–Crippen LogP) is 0.318. The highest BCUT2D eigenvalue weighted by Crippen LogP contribution is 2.34. The maximum absolute atomic E-state index is 12.3. The Morgan fingerprint density at radius 3 is 2.59 bits per heavy atom. The second-order valence-corrected chi connectivity index (χ2v) is 5.33. The highest BCUT2D eigenvalue weighted by Gasteiger charge is 2.35. The summed E-state index contributed by atoms with van der Waals surface area (Å²) in [6.07, 6.45) is 0. The van der Waals surface area contributed by atoms with Crippen molar-refractivity contribution in [2.24, 2.45) is 5.73 Å². The standard InChI is InChI=1S/C14H16ClN3O4/c1-8-5-10(11(22-2)6-9(8)15)18-4-3-17(7-12(16)19)13(20)14(18)21/h5-6H,3-4,7H2,1-2H3,(H2,16,19). The Hall–Kier alpha value is -2.28. The zero-order chi connectivity index (χ0) is 16.4. The minimum atomic E-state index is -0.764. The molecule has 0 unspecified atom stereocenters. The molecule has 1 aromatic carbocycles. The molecule has 1 aliphatic heterocycles. The lowest BCUT2D eigenvalue weighted by molar-refractivity contribution is -0.147. The largest absolute Gasteiger partial charge is 0.495 e. The van der Waals surface area contributed by atoms with Crippen molar-refractivity contribution in [1.82, 2.24) is 4.90 Å². The van der Waals surface area contributed by atoms with E-state index in [9.17, 15) is 14.4 Å². The summed E-state index contributed by atoms with van der Waals surface area (Å²) < 4.78 is 5.23. The van der Waals surface area contributed by atoms with Crippen LogP contribution < -0.4 is 15.4 Å². The molecule has 0 spiro atoms. The number of hydrogen-bond acceptors (Lipinski definition) is 4. The van der Waals surface area contributed by atoms with Crippen molar-refractivity contribution < 1.29 is 19.1 Å². The molecule has 2 N–H and O–H groups in total. The van der Waals surface area contributed by atoms with Gasteiger partial charge in [-0.2, -0.15) is 0 Å². The zero-order valence-electron chi connectivity index (χ0n) is 12.3. The van der Waals surface area contributed by atoms with Gasteiger partial charge in [0.25, 0.3) is 0 Å². The number of piperazine rings is 1. The van der Waals surface area contributed by atoms with Gasteiger partial charge in [-0.1, -0.05) is 11.6 Å². The molecule has 1 aromatic rings. The van der Waals surface area contributed by atoms with Crippen molar-refractivity contribution in [3.05, 3.63) is 22.7 Å². The lowest BCUT2D eigenvalue weighted by atomic mass is 10.1. The molecule has 3 amide bonds. The van der Waals surface area contributed by atoms with Gasteiger partial charge in [0.15, 0.2) is 0 Å². The quantitative estimate of drug-likeness (QED) is 0.807. The van der Waals surface area contributed by atoms with Gasteiger partial charge in [-0.05, 0) is 18.6 Å². The molecule has 1 saturated heterocycles. The maximum atomic E-state index is 12.3. The van der Waals surface area contributed by atoms with E-state index in [1.165, 1.54) is 12.0 Å². The average molecular weight is 326 g/mol.